The van der Waals surface area contributed by atoms with Gasteiger partial charge in [0.05, 0.1) is 11.2 Å². The van der Waals surface area contributed by atoms with Crippen LogP contribution in [0.1, 0.15) is 65.2 Å². The maximum absolute atomic E-state index is 13.4. The zero-order valence-corrected chi connectivity index (χ0v) is 23.1. The molecule has 4 aliphatic rings. The van der Waals surface area contributed by atoms with Gasteiger partial charge in [0, 0.05) is 58.4 Å². The number of nitrogens with zero attached hydrogens (tertiary/aromatic N) is 3. The molecule has 4 rings (SSSR count). The summed E-state index contributed by atoms with van der Waals surface area (Å²) < 4.78 is 28.5. The summed E-state index contributed by atoms with van der Waals surface area (Å²) in [6, 6.07) is 0.0963. The van der Waals surface area contributed by atoms with Crippen molar-refractivity contribution >= 4 is 22.0 Å². The number of hydrogen-bond donors (Lipinski definition) is 3. The van der Waals surface area contributed by atoms with Crippen LogP contribution in [-0.4, -0.2) is 98.2 Å². The van der Waals surface area contributed by atoms with Gasteiger partial charge in [0.15, 0.2) is 0 Å². The predicted molar refractivity (Wildman–Crippen MR) is 139 cm³/mol. The van der Waals surface area contributed by atoms with Crippen LogP contribution in [0.25, 0.3) is 0 Å². The third kappa shape index (κ3) is 5.84. The molecule has 36 heavy (non-hydrogen) atoms. The molecule has 3 saturated heterocycles. The summed E-state index contributed by atoms with van der Waals surface area (Å²) in [6.45, 7) is 8.49. The highest BCUT2D eigenvalue weighted by Crippen LogP contribution is 2.39. The molecule has 10 nitrogen and oxygen atoms in total. The lowest BCUT2D eigenvalue weighted by Crippen LogP contribution is -2.50. The van der Waals surface area contributed by atoms with Crippen molar-refractivity contribution in [1.82, 2.24) is 30.3 Å². The van der Waals surface area contributed by atoms with Crippen LogP contribution in [0.3, 0.4) is 0 Å². The highest BCUT2D eigenvalue weighted by molar-refractivity contribution is 7.89. The molecule has 3 atom stereocenters. The van der Waals surface area contributed by atoms with Gasteiger partial charge in [-0.1, -0.05) is 0 Å². The quantitative estimate of drug-likeness (QED) is 0.462. The van der Waals surface area contributed by atoms with Gasteiger partial charge in [-0.2, -0.15) is 0 Å². The van der Waals surface area contributed by atoms with Gasteiger partial charge in [0.25, 0.3) is 0 Å². The topological polar surface area (TPSA) is 114 Å². The van der Waals surface area contributed by atoms with Crippen LogP contribution >= 0.6 is 0 Å². The number of hydrazine groups is 1. The van der Waals surface area contributed by atoms with E-state index in [4.69, 9.17) is 0 Å². The molecular formula is C25H46N6O4S. The number of urea groups is 1. The van der Waals surface area contributed by atoms with Crippen molar-refractivity contribution in [2.24, 2.45) is 17.8 Å². The maximum Gasteiger partial charge on any atom is 0.314 e. The molecule has 3 amide bonds. The van der Waals surface area contributed by atoms with Gasteiger partial charge in [-0.3, -0.25) is 10.2 Å². The lowest BCUT2D eigenvalue weighted by molar-refractivity contribution is -0.136. The van der Waals surface area contributed by atoms with Gasteiger partial charge in [0.1, 0.15) is 0 Å². The summed E-state index contributed by atoms with van der Waals surface area (Å²) in [5.41, 5.74) is 3.47. The number of carbonyl (C=O) groups is 2. The Hall–Kier alpha value is -1.43. The van der Waals surface area contributed by atoms with Crippen molar-refractivity contribution in [1.29, 1.82) is 0 Å². The molecule has 1 saturated carbocycles. The molecule has 3 heterocycles. The molecule has 3 aliphatic heterocycles. The van der Waals surface area contributed by atoms with E-state index in [9.17, 15) is 18.0 Å². The van der Waals surface area contributed by atoms with Crippen LogP contribution in [-0.2, 0) is 14.8 Å². The van der Waals surface area contributed by atoms with Crippen molar-refractivity contribution in [2.45, 2.75) is 82.5 Å². The molecule has 0 radical (unpaired) electrons. The van der Waals surface area contributed by atoms with Crippen molar-refractivity contribution in [3.63, 3.8) is 0 Å². The second kappa shape index (κ2) is 12.0. The number of hydrogen-bond acceptors (Lipinski definition) is 6. The summed E-state index contributed by atoms with van der Waals surface area (Å²) >= 11 is 0. The number of nitrogens with one attached hydrogen (secondary N) is 3. The minimum atomic E-state index is -3.31. The second-order valence-electron chi connectivity index (χ2n) is 11.0. The fourth-order valence-corrected chi connectivity index (χ4v) is 8.99. The molecule has 4 fully saturated rings. The van der Waals surface area contributed by atoms with Crippen LogP contribution in [0.4, 0.5) is 4.79 Å². The SMILES string of the molecule is CCN(CC)C(=O)C1CNN2CCC(C3CCN(S(=O)(=O)C4CCC(NC(=O)NC)CC4)CC3)CC12. The van der Waals surface area contributed by atoms with E-state index in [0.717, 1.165) is 51.9 Å². The zero-order valence-electron chi connectivity index (χ0n) is 22.2. The summed E-state index contributed by atoms with van der Waals surface area (Å²) in [6.07, 6.45) is 6.56. The van der Waals surface area contributed by atoms with Crippen LogP contribution in [0.5, 0.6) is 0 Å². The standard InChI is InChI=1S/C25H46N6O4S/c1-4-29(5-2)24(32)22-17-27-31-15-12-19(16-23(22)31)18-10-13-30(14-11-18)36(34,35)21-8-6-20(7-9-21)28-25(33)26-3/h18-23,27H,4-17H2,1-3H3,(H2,26,28,33). The van der Waals surface area contributed by atoms with Crippen molar-refractivity contribution in [2.75, 3.05) is 46.3 Å². The largest absolute Gasteiger partial charge is 0.343 e. The summed E-state index contributed by atoms with van der Waals surface area (Å²) in [5.74, 6) is 1.35. The van der Waals surface area contributed by atoms with Crippen molar-refractivity contribution in [3.05, 3.63) is 0 Å². The zero-order chi connectivity index (χ0) is 25.9. The van der Waals surface area contributed by atoms with Crippen LogP contribution in [0.15, 0.2) is 0 Å². The van der Waals surface area contributed by atoms with Gasteiger partial charge < -0.3 is 15.5 Å². The minimum absolute atomic E-state index is 0.0150. The summed E-state index contributed by atoms with van der Waals surface area (Å²) in [5, 5.41) is 7.43. The monoisotopic (exact) mass is 526 g/mol. The molecule has 0 aromatic heterocycles. The lowest BCUT2D eigenvalue weighted by Gasteiger charge is -2.43. The average Bonchev–Trinajstić information content (AvgIpc) is 3.33. The Morgan fingerprint density at radius 3 is 2.19 bits per heavy atom. The fourth-order valence-electron chi connectivity index (χ4n) is 6.98. The van der Waals surface area contributed by atoms with Gasteiger partial charge in [-0.05, 0) is 77.0 Å². The first-order valence-corrected chi connectivity index (χ1v) is 15.5. The molecule has 0 bridgehead atoms. The fraction of sp³-hybridized carbons (Fsp3) is 0.920. The van der Waals surface area contributed by atoms with E-state index in [2.05, 4.69) is 21.1 Å². The Morgan fingerprint density at radius 1 is 0.944 bits per heavy atom. The smallest absolute Gasteiger partial charge is 0.314 e. The number of amides is 3. The van der Waals surface area contributed by atoms with Gasteiger partial charge in [-0.25, -0.2) is 22.5 Å². The molecule has 206 valence electrons. The molecular weight excluding hydrogens is 480 g/mol. The molecule has 1 aliphatic carbocycles. The third-order valence-corrected chi connectivity index (χ3v) is 11.6. The third-order valence-electron chi connectivity index (χ3n) is 9.24. The molecule has 3 N–H and O–H groups in total. The minimum Gasteiger partial charge on any atom is -0.343 e. The average molecular weight is 527 g/mol. The summed E-state index contributed by atoms with van der Waals surface area (Å²) in [7, 11) is -1.72. The predicted octanol–water partition coefficient (Wildman–Crippen LogP) is 1.35. The molecule has 0 spiro atoms. The van der Waals surface area contributed by atoms with Crippen LogP contribution in [0, 0.1) is 17.8 Å². The number of carbonyl (C=O) groups excluding carboxylic acids is 2. The lowest BCUT2D eigenvalue weighted by atomic mass is 9.75. The number of sulfonamides is 1. The number of fused-ring (bicyclic) bond motifs is 1. The normalized spacial score (nSPS) is 32.6. The number of piperidine rings is 2. The van der Waals surface area contributed by atoms with Gasteiger partial charge in [0.2, 0.25) is 15.9 Å². The first kappa shape index (κ1) is 27.6. The first-order valence-electron chi connectivity index (χ1n) is 14.0. The van der Waals surface area contributed by atoms with E-state index in [1.54, 1.807) is 11.4 Å². The highest BCUT2D eigenvalue weighted by Gasteiger charge is 2.45. The van der Waals surface area contributed by atoms with Crippen LogP contribution < -0.4 is 16.1 Å². The Balaban J connectivity index is 1.28. The second-order valence-corrected chi connectivity index (χ2v) is 13.2. The maximum atomic E-state index is 13.4. The van der Waals surface area contributed by atoms with Crippen molar-refractivity contribution in [3.8, 4) is 0 Å². The van der Waals surface area contributed by atoms with Gasteiger partial charge in [-0.15, -0.1) is 0 Å². The molecule has 0 aromatic rings. The van der Waals surface area contributed by atoms with E-state index in [1.807, 2.05) is 18.7 Å². The Bertz CT molecular complexity index is 866. The molecule has 3 unspecified atom stereocenters. The Morgan fingerprint density at radius 2 is 1.58 bits per heavy atom. The van der Waals surface area contributed by atoms with E-state index >= 15 is 0 Å². The van der Waals surface area contributed by atoms with Gasteiger partial charge >= 0.3 is 6.03 Å². The van der Waals surface area contributed by atoms with E-state index in [1.165, 1.54) is 0 Å². The van der Waals surface area contributed by atoms with E-state index < -0.39 is 10.0 Å². The van der Waals surface area contributed by atoms with E-state index in [0.29, 0.717) is 50.6 Å². The Kier molecular flexibility index (Phi) is 9.17. The Labute approximate surface area is 216 Å². The van der Waals surface area contributed by atoms with E-state index in [-0.39, 0.29) is 35.2 Å². The highest BCUT2D eigenvalue weighted by atomic mass is 32.2. The first-order chi connectivity index (χ1) is 17.3. The van der Waals surface area contributed by atoms with Crippen LogP contribution in [0.2, 0.25) is 0 Å². The molecule has 0 aromatic carbocycles. The number of rotatable bonds is 7. The summed E-state index contributed by atoms with van der Waals surface area (Å²) in [4.78, 5) is 26.6. The molecule has 11 heteroatoms. The van der Waals surface area contributed by atoms with Crippen molar-refractivity contribution < 1.29 is 18.0 Å².